The standard InChI is InChI=1S/C15H22FNO2S/c16-13-1-3-15(4-2-13)20-12-9-17-7-5-14(6-8-17)19-11-10-18/h1-4,14,18H,5-12H2. The normalized spacial score (nSPS) is 17.5. The van der Waals surface area contributed by atoms with Gasteiger partial charge in [-0.05, 0) is 37.1 Å². The van der Waals surface area contributed by atoms with Gasteiger partial charge in [-0.25, -0.2) is 4.39 Å². The minimum Gasteiger partial charge on any atom is -0.394 e. The van der Waals surface area contributed by atoms with Gasteiger partial charge >= 0.3 is 0 Å². The molecular formula is C15H22FNO2S. The average Bonchev–Trinajstić information content (AvgIpc) is 2.48. The van der Waals surface area contributed by atoms with Crippen molar-refractivity contribution in [2.45, 2.75) is 23.8 Å². The maximum atomic E-state index is 12.8. The lowest BCUT2D eigenvalue weighted by Gasteiger charge is -2.31. The van der Waals surface area contributed by atoms with Crippen molar-refractivity contribution in [1.29, 1.82) is 0 Å². The van der Waals surface area contributed by atoms with E-state index in [1.165, 1.54) is 12.1 Å². The van der Waals surface area contributed by atoms with E-state index in [9.17, 15) is 4.39 Å². The highest BCUT2D eigenvalue weighted by molar-refractivity contribution is 7.99. The summed E-state index contributed by atoms with van der Waals surface area (Å²) >= 11 is 1.76. The van der Waals surface area contributed by atoms with E-state index in [2.05, 4.69) is 4.90 Å². The van der Waals surface area contributed by atoms with E-state index in [0.717, 1.165) is 43.1 Å². The number of halogens is 1. The number of benzene rings is 1. The topological polar surface area (TPSA) is 32.7 Å². The predicted molar refractivity (Wildman–Crippen MR) is 79.6 cm³/mol. The van der Waals surface area contributed by atoms with Gasteiger partial charge in [0, 0.05) is 30.3 Å². The lowest BCUT2D eigenvalue weighted by Crippen LogP contribution is -2.38. The molecule has 0 unspecified atom stereocenters. The highest BCUT2D eigenvalue weighted by atomic mass is 32.2. The molecule has 0 aromatic heterocycles. The second kappa shape index (κ2) is 8.62. The molecule has 1 aromatic rings. The van der Waals surface area contributed by atoms with Gasteiger partial charge in [-0.15, -0.1) is 11.8 Å². The molecule has 0 bridgehead atoms. The van der Waals surface area contributed by atoms with Gasteiger partial charge in [0.05, 0.1) is 19.3 Å². The fourth-order valence-corrected chi connectivity index (χ4v) is 3.26. The van der Waals surface area contributed by atoms with Crippen molar-refractivity contribution < 1.29 is 14.2 Å². The molecule has 0 radical (unpaired) electrons. The molecule has 20 heavy (non-hydrogen) atoms. The van der Waals surface area contributed by atoms with Gasteiger partial charge in [0.1, 0.15) is 5.82 Å². The van der Waals surface area contributed by atoms with Crippen LogP contribution in [0.3, 0.4) is 0 Å². The van der Waals surface area contributed by atoms with Crippen molar-refractivity contribution in [3.8, 4) is 0 Å². The van der Waals surface area contributed by atoms with Crippen molar-refractivity contribution in [2.75, 3.05) is 38.6 Å². The van der Waals surface area contributed by atoms with Crippen LogP contribution in [0.25, 0.3) is 0 Å². The van der Waals surface area contributed by atoms with Crippen molar-refractivity contribution in [3.63, 3.8) is 0 Å². The molecule has 5 heteroatoms. The van der Waals surface area contributed by atoms with E-state index in [1.54, 1.807) is 11.8 Å². The van der Waals surface area contributed by atoms with Gasteiger partial charge in [0.25, 0.3) is 0 Å². The number of piperidine rings is 1. The Morgan fingerprint density at radius 1 is 1.25 bits per heavy atom. The number of aliphatic hydroxyl groups is 1. The number of ether oxygens (including phenoxy) is 1. The number of likely N-dealkylation sites (tertiary alicyclic amines) is 1. The third-order valence-corrected chi connectivity index (χ3v) is 4.46. The molecule has 1 aliphatic heterocycles. The molecule has 3 nitrogen and oxygen atoms in total. The van der Waals surface area contributed by atoms with Crippen molar-refractivity contribution in [3.05, 3.63) is 30.1 Å². The van der Waals surface area contributed by atoms with E-state index in [0.29, 0.717) is 12.7 Å². The Kier molecular flexibility index (Phi) is 6.79. The van der Waals surface area contributed by atoms with Crippen LogP contribution in [0.4, 0.5) is 4.39 Å². The van der Waals surface area contributed by atoms with Gasteiger partial charge in [0.2, 0.25) is 0 Å². The lowest BCUT2D eigenvalue weighted by molar-refractivity contribution is -0.00668. The zero-order chi connectivity index (χ0) is 14.2. The molecule has 1 aromatic carbocycles. The fraction of sp³-hybridized carbons (Fsp3) is 0.600. The Balaban J connectivity index is 1.60. The minimum absolute atomic E-state index is 0.106. The van der Waals surface area contributed by atoms with Crippen LogP contribution in [0.15, 0.2) is 29.2 Å². The van der Waals surface area contributed by atoms with E-state index >= 15 is 0 Å². The molecule has 0 aliphatic carbocycles. The predicted octanol–water partition coefficient (Wildman–Crippen LogP) is 2.39. The summed E-state index contributed by atoms with van der Waals surface area (Å²) in [5.74, 6) is 0.840. The quantitative estimate of drug-likeness (QED) is 0.784. The summed E-state index contributed by atoms with van der Waals surface area (Å²) < 4.78 is 18.3. The van der Waals surface area contributed by atoms with E-state index in [4.69, 9.17) is 9.84 Å². The van der Waals surface area contributed by atoms with Crippen molar-refractivity contribution >= 4 is 11.8 Å². The first kappa shape index (κ1) is 15.8. The lowest BCUT2D eigenvalue weighted by atomic mass is 10.1. The second-order valence-corrected chi connectivity index (χ2v) is 6.11. The van der Waals surface area contributed by atoms with Gasteiger partial charge < -0.3 is 14.7 Å². The van der Waals surface area contributed by atoms with Crippen LogP contribution in [0.2, 0.25) is 0 Å². The third-order valence-electron chi connectivity index (χ3n) is 3.47. The maximum Gasteiger partial charge on any atom is 0.123 e. The molecule has 1 N–H and O–H groups in total. The molecule has 112 valence electrons. The number of aliphatic hydroxyl groups excluding tert-OH is 1. The third kappa shape index (κ3) is 5.40. The molecule has 0 amide bonds. The summed E-state index contributed by atoms with van der Waals surface area (Å²) in [4.78, 5) is 3.56. The van der Waals surface area contributed by atoms with Crippen LogP contribution in [-0.4, -0.2) is 54.7 Å². The van der Waals surface area contributed by atoms with Gasteiger partial charge in [0.15, 0.2) is 0 Å². The average molecular weight is 299 g/mol. The van der Waals surface area contributed by atoms with Crippen LogP contribution in [0, 0.1) is 5.82 Å². The van der Waals surface area contributed by atoms with Crippen LogP contribution in [0.5, 0.6) is 0 Å². The smallest absolute Gasteiger partial charge is 0.123 e. The Hall–Kier alpha value is -0.620. The zero-order valence-electron chi connectivity index (χ0n) is 11.6. The first-order valence-corrected chi connectivity index (χ1v) is 8.09. The van der Waals surface area contributed by atoms with E-state index < -0.39 is 0 Å². The summed E-state index contributed by atoms with van der Waals surface area (Å²) in [5.41, 5.74) is 0. The zero-order valence-corrected chi connectivity index (χ0v) is 12.4. The minimum atomic E-state index is -0.181. The Bertz CT molecular complexity index is 380. The summed E-state index contributed by atoms with van der Waals surface area (Å²) in [5, 5.41) is 8.73. The SMILES string of the molecule is OCCOC1CCN(CCSc2ccc(F)cc2)CC1. The van der Waals surface area contributed by atoms with Crippen LogP contribution in [0.1, 0.15) is 12.8 Å². The number of nitrogens with zero attached hydrogens (tertiary/aromatic N) is 1. The number of hydrogen-bond acceptors (Lipinski definition) is 4. The summed E-state index contributed by atoms with van der Waals surface area (Å²) in [6.07, 6.45) is 2.39. The van der Waals surface area contributed by atoms with Gasteiger partial charge in [-0.2, -0.15) is 0 Å². The molecule has 1 aliphatic rings. The largest absolute Gasteiger partial charge is 0.394 e. The Labute approximate surface area is 124 Å². The van der Waals surface area contributed by atoms with Gasteiger partial charge in [-0.1, -0.05) is 0 Å². The second-order valence-electron chi connectivity index (χ2n) is 4.94. The number of hydrogen-bond donors (Lipinski definition) is 1. The van der Waals surface area contributed by atoms with Gasteiger partial charge in [-0.3, -0.25) is 0 Å². The number of thioether (sulfide) groups is 1. The molecule has 0 atom stereocenters. The fourth-order valence-electron chi connectivity index (χ4n) is 2.34. The first-order valence-electron chi connectivity index (χ1n) is 7.11. The highest BCUT2D eigenvalue weighted by Gasteiger charge is 2.18. The number of rotatable bonds is 7. The van der Waals surface area contributed by atoms with E-state index in [-0.39, 0.29) is 12.4 Å². The van der Waals surface area contributed by atoms with E-state index in [1.807, 2.05) is 12.1 Å². The molecule has 0 saturated carbocycles. The van der Waals surface area contributed by atoms with Crippen LogP contribution in [-0.2, 0) is 4.74 Å². The molecule has 1 saturated heterocycles. The molecule has 2 rings (SSSR count). The van der Waals surface area contributed by atoms with Crippen LogP contribution >= 0.6 is 11.8 Å². The summed E-state index contributed by atoms with van der Waals surface area (Å²) in [6, 6.07) is 6.67. The Morgan fingerprint density at radius 2 is 1.95 bits per heavy atom. The monoisotopic (exact) mass is 299 g/mol. The molecule has 1 heterocycles. The molecule has 0 spiro atoms. The van der Waals surface area contributed by atoms with Crippen molar-refractivity contribution in [2.24, 2.45) is 0 Å². The summed E-state index contributed by atoms with van der Waals surface area (Å²) in [6.45, 7) is 3.72. The highest BCUT2D eigenvalue weighted by Crippen LogP contribution is 2.19. The maximum absolute atomic E-state index is 12.8. The Morgan fingerprint density at radius 3 is 2.60 bits per heavy atom. The summed E-state index contributed by atoms with van der Waals surface area (Å²) in [7, 11) is 0. The van der Waals surface area contributed by atoms with Crippen molar-refractivity contribution in [1.82, 2.24) is 4.90 Å². The first-order chi connectivity index (χ1) is 9.78. The molecule has 1 fully saturated rings. The molecular weight excluding hydrogens is 277 g/mol. The van der Waals surface area contributed by atoms with Crippen LogP contribution < -0.4 is 0 Å².